The molecule has 0 spiro atoms. The maximum absolute atomic E-state index is 7.29. The standard InChI is InChI=1S/C13H19ClN2O/c1-4-10(7-12(15)16)17-11-5-8(2)13(14)9(3)6-11/h5-6,10H,4,7H2,1-3H3,(H3,15,16). The largest absolute Gasteiger partial charge is 0.490 e. The molecule has 4 heteroatoms. The Bertz CT molecular complexity index is 395. The van der Waals surface area contributed by atoms with Crippen molar-refractivity contribution in [2.24, 2.45) is 5.73 Å². The minimum absolute atomic E-state index is 0.0486. The fraction of sp³-hybridized carbons (Fsp3) is 0.462. The summed E-state index contributed by atoms with van der Waals surface area (Å²) in [4.78, 5) is 0. The molecule has 3 N–H and O–H groups in total. The molecule has 0 saturated heterocycles. The van der Waals surface area contributed by atoms with Crippen LogP contribution in [0.1, 0.15) is 30.9 Å². The topological polar surface area (TPSA) is 59.1 Å². The highest BCUT2D eigenvalue weighted by Crippen LogP contribution is 2.27. The summed E-state index contributed by atoms with van der Waals surface area (Å²) >= 11 is 6.09. The zero-order valence-electron chi connectivity index (χ0n) is 10.5. The number of hydrogen-bond acceptors (Lipinski definition) is 2. The molecule has 0 saturated carbocycles. The third kappa shape index (κ3) is 3.93. The van der Waals surface area contributed by atoms with Gasteiger partial charge in [0.25, 0.3) is 0 Å². The van der Waals surface area contributed by atoms with Crippen molar-refractivity contribution in [1.82, 2.24) is 0 Å². The summed E-state index contributed by atoms with van der Waals surface area (Å²) in [6.45, 7) is 5.92. The smallest absolute Gasteiger partial charge is 0.120 e. The first-order chi connectivity index (χ1) is 7.93. The van der Waals surface area contributed by atoms with E-state index in [0.29, 0.717) is 6.42 Å². The third-order valence-electron chi connectivity index (χ3n) is 2.62. The summed E-state index contributed by atoms with van der Waals surface area (Å²) in [6, 6.07) is 3.83. The van der Waals surface area contributed by atoms with E-state index < -0.39 is 0 Å². The van der Waals surface area contributed by atoms with Crippen molar-refractivity contribution in [2.45, 2.75) is 39.7 Å². The van der Waals surface area contributed by atoms with Crippen LogP contribution >= 0.6 is 11.6 Å². The molecule has 1 aromatic carbocycles. The molecule has 94 valence electrons. The number of hydrogen-bond donors (Lipinski definition) is 2. The lowest BCUT2D eigenvalue weighted by atomic mass is 10.1. The minimum Gasteiger partial charge on any atom is -0.490 e. The Hall–Kier alpha value is -1.22. The van der Waals surface area contributed by atoms with Crippen molar-refractivity contribution in [3.05, 3.63) is 28.3 Å². The quantitative estimate of drug-likeness (QED) is 0.625. The van der Waals surface area contributed by atoms with Crippen molar-refractivity contribution in [1.29, 1.82) is 5.41 Å². The summed E-state index contributed by atoms with van der Waals surface area (Å²) < 4.78 is 5.81. The van der Waals surface area contributed by atoms with Gasteiger partial charge >= 0.3 is 0 Å². The Labute approximate surface area is 107 Å². The Morgan fingerprint density at radius 2 is 1.94 bits per heavy atom. The SMILES string of the molecule is CCC(CC(=N)N)Oc1cc(C)c(Cl)c(C)c1. The summed E-state index contributed by atoms with van der Waals surface area (Å²) in [7, 11) is 0. The number of nitrogens with two attached hydrogens (primary N) is 1. The predicted molar refractivity (Wildman–Crippen MR) is 72.2 cm³/mol. The van der Waals surface area contributed by atoms with Crippen LogP contribution in [0.15, 0.2) is 12.1 Å². The van der Waals surface area contributed by atoms with Crippen molar-refractivity contribution in [3.63, 3.8) is 0 Å². The third-order valence-corrected chi connectivity index (χ3v) is 3.21. The highest BCUT2D eigenvalue weighted by molar-refractivity contribution is 6.32. The average Bonchev–Trinajstić information content (AvgIpc) is 2.24. The van der Waals surface area contributed by atoms with Crippen LogP contribution in [0.2, 0.25) is 5.02 Å². The average molecular weight is 255 g/mol. The van der Waals surface area contributed by atoms with Gasteiger partial charge in [0.15, 0.2) is 0 Å². The van der Waals surface area contributed by atoms with Crippen molar-refractivity contribution in [2.75, 3.05) is 0 Å². The Balaban J connectivity index is 2.83. The summed E-state index contributed by atoms with van der Waals surface area (Å²) in [5.41, 5.74) is 7.39. The van der Waals surface area contributed by atoms with Crippen LogP contribution in [-0.4, -0.2) is 11.9 Å². The predicted octanol–water partition coefficient (Wildman–Crippen LogP) is 3.44. The van der Waals surface area contributed by atoms with Gasteiger partial charge in [-0.1, -0.05) is 18.5 Å². The lowest BCUT2D eigenvalue weighted by Crippen LogP contribution is -2.24. The fourth-order valence-electron chi connectivity index (χ4n) is 1.68. The van der Waals surface area contributed by atoms with E-state index in [9.17, 15) is 0 Å². The minimum atomic E-state index is -0.0486. The van der Waals surface area contributed by atoms with Crippen molar-refractivity contribution in [3.8, 4) is 5.75 Å². The van der Waals surface area contributed by atoms with Crippen LogP contribution in [0.25, 0.3) is 0 Å². The van der Waals surface area contributed by atoms with Crippen LogP contribution in [0.5, 0.6) is 5.75 Å². The maximum Gasteiger partial charge on any atom is 0.120 e. The molecule has 0 fully saturated rings. The molecule has 0 aromatic heterocycles. The molecule has 0 heterocycles. The Morgan fingerprint density at radius 1 is 1.41 bits per heavy atom. The maximum atomic E-state index is 7.29. The van der Waals surface area contributed by atoms with Gasteiger partial charge in [0.05, 0.1) is 5.84 Å². The number of ether oxygens (including phenoxy) is 1. The van der Waals surface area contributed by atoms with Gasteiger partial charge in [0, 0.05) is 11.4 Å². The first-order valence-electron chi connectivity index (χ1n) is 5.70. The molecule has 1 aromatic rings. The summed E-state index contributed by atoms with van der Waals surface area (Å²) in [5.74, 6) is 0.941. The van der Waals surface area contributed by atoms with Crippen LogP contribution in [0.4, 0.5) is 0 Å². The normalized spacial score (nSPS) is 12.2. The van der Waals surface area contributed by atoms with Gasteiger partial charge in [-0.3, -0.25) is 5.41 Å². The van der Waals surface area contributed by atoms with Gasteiger partial charge in [-0.25, -0.2) is 0 Å². The van der Waals surface area contributed by atoms with Crippen LogP contribution in [-0.2, 0) is 0 Å². The lowest BCUT2D eigenvalue weighted by Gasteiger charge is -2.18. The van der Waals surface area contributed by atoms with Crippen LogP contribution in [0, 0.1) is 19.3 Å². The highest BCUT2D eigenvalue weighted by atomic mass is 35.5. The second kappa shape index (κ2) is 5.92. The first-order valence-corrected chi connectivity index (χ1v) is 6.08. The monoisotopic (exact) mass is 254 g/mol. The zero-order valence-corrected chi connectivity index (χ0v) is 11.3. The van der Waals surface area contributed by atoms with E-state index in [1.54, 1.807) is 0 Å². The van der Waals surface area contributed by atoms with E-state index in [4.69, 9.17) is 27.5 Å². The van der Waals surface area contributed by atoms with Gasteiger partial charge in [-0.05, 0) is 43.5 Å². The van der Waals surface area contributed by atoms with E-state index in [2.05, 4.69) is 0 Å². The van der Waals surface area contributed by atoms with E-state index >= 15 is 0 Å². The van der Waals surface area contributed by atoms with Gasteiger partial charge in [-0.15, -0.1) is 0 Å². The molecule has 0 aliphatic carbocycles. The Kier molecular flexibility index (Phi) is 4.82. The van der Waals surface area contributed by atoms with Crippen LogP contribution in [0.3, 0.4) is 0 Å². The van der Waals surface area contributed by atoms with Gasteiger partial charge in [0.1, 0.15) is 11.9 Å². The molecule has 0 aliphatic rings. The van der Waals surface area contributed by atoms with Gasteiger partial charge < -0.3 is 10.5 Å². The van der Waals surface area contributed by atoms with Crippen molar-refractivity contribution >= 4 is 17.4 Å². The second-order valence-electron chi connectivity index (χ2n) is 4.25. The van der Waals surface area contributed by atoms with E-state index in [0.717, 1.165) is 28.3 Å². The molecule has 1 unspecified atom stereocenters. The molecule has 0 aliphatic heterocycles. The Morgan fingerprint density at radius 3 is 2.35 bits per heavy atom. The fourth-order valence-corrected chi connectivity index (χ4v) is 1.79. The van der Waals surface area contributed by atoms with Gasteiger partial charge in [-0.2, -0.15) is 0 Å². The molecule has 17 heavy (non-hydrogen) atoms. The number of aryl methyl sites for hydroxylation is 2. The molecule has 1 atom stereocenters. The van der Waals surface area contributed by atoms with Gasteiger partial charge in [0.2, 0.25) is 0 Å². The number of halogens is 1. The van der Waals surface area contributed by atoms with E-state index in [1.807, 2.05) is 32.9 Å². The summed E-state index contributed by atoms with van der Waals surface area (Å²) in [6.07, 6.45) is 1.23. The summed E-state index contributed by atoms with van der Waals surface area (Å²) in [5, 5.41) is 8.06. The molecule has 1 rings (SSSR count). The van der Waals surface area contributed by atoms with E-state index in [1.165, 1.54) is 0 Å². The number of rotatable bonds is 5. The molecule has 0 amide bonds. The molecule has 3 nitrogen and oxygen atoms in total. The van der Waals surface area contributed by atoms with Crippen molar-refractivity contribution < 1.29 is 4.74 Å². The number of nitrogens with one attached hydrogen (secondary N) is 1. The molecule has 0 bridgehead atoms. The zero-order chi connectivity index (χ0) is 13.0. The highest BCUT2D eigenvalue weighted by Gasteiger charge is 2.11. The van der Waals surface area contributed by atoms with Crippen LogP contribution < -0.4 is 10.5 Å². The lowest BCUT2D eigenvalue weighted by molar-refractivity contribution is 0.204. The number of amidine groups is 1. The first kappa shape index (κ1) is 13.8. The number of benzene rings is 1. The van der Waals surface area contributed by atoms with E-state index in [-0.39, 0.29) is 11.9 Å². The molecular formula is C13H19ClN2O. The molecule has 0 radical (unpaired) electrons. The molecular weight excluding hydrogens is 236 g/mol. The second-order valence-corrected chi connectivity index (χ2v) is 4.63.